The van der Waals surface area contributed by atoms with Crippen molar-refractivity contribution in [3.63, 3.8) is 0 Å². The number of rotatable bonds is 7. The van der Waals surface area contributed by atoms with Crippen molar-refractivity contribution < 1.29 is 0 Å². The Morgan fingerprint density at radius 3 is 2.76 bits per heavy atom. The Hall–Kier alpha value is -1.81. The highest BCUT2D eigenvalue weighted by Gasteiger charge is 2.13. The first-order valence-corrected chi connectivity index (χ1v) is 7.62. The van der Waals surface area contributed by atoms with Crippen molar-refractivity contribution in [1.82, 2.24) is 15.1 Å². The third-order valence-corrected chi connectivity index (χ3v) is 3.69. The zero-order chi connectivity index (χ0) is 15.2. The van der Waals surface area contributed by atoms with E-state index in [4.69, 9.17) is 0 Å². The monoisotopic (exact) mass is 286 g/mol. The van der Waals surface area contributed by atoms with Crippen LogP contribution in [0.3, 0.4) is 0 Å². The lowest BCUT2D eigenvalue weighted by Gasteiger charge is -2.25. The number of anilines is 1. The summed E-state index contributed by atoms with van der Waals surface area (Å²) in [5, 5.41) is 7.81. The summed E-state index contributed by atoms with van der Waals surface area (Å²) in [6, 6.07) is 8.97. The lowest BCUT2D eigenvalue weighted by molar-refractivity contribution is 0.570. The summed E-state index contributed by atoms with van der Waals surface area (Å²) in [5.74, 6) is 0. The predicted molar refractivity (Wildman–Crippen MR) is 88.5 cm³/mol. The molecule has 0 fully saturated rings. The van der Waals surface area contributed by atoms with Crippen molar-refractivity contribution in [3.8, 4) is 0 Å². The van der Waals surface area contributed by atoms with Gasteiger partial charge in [-0.05, 0) is 31.5 Å². The van der Waals surface area contributed by atoms with E-state index in [-0.39, 0.29) is 0 Å². The van der Waals surface area contributed by atoms with Crippen molar-refractivity contribution in [2.45, 2.75) is 32.9 Å². The number of hydrogen-bond acceptors (Lipinski definition) is 3. The van der Waals surface area contributed by atoms with Gasteiger partial charge in [0, 0.05) is 44.1 Å². The van der Waals surface area contributed by atoms with E-state index in [1.165, 1.54) is 16.8 Å². The van der Waals surface area contributed by atoms with Crippen LogP contribution < -0.4 is 10.2 Å². The predicted octanol–water partition coefficient (Wildman–Crippen LogP) is 3.12. The van der Waals surface area contributed by atoms with Crippen LogP contribution in [0.4, 0.5) is 5.69 Å². The first kappa shape index (κ1) is 15.6. The second-order valence-electron chi connectivity index (χ2n) is 5.61. The van der Waals surface area contributed by atoms with E-state index >= 15 is 0 Å². The molecular weight excluding hydrogens is 260 g/mol. The van der Waals surface area contributed by atoms with E-state index in [0.717, 1.165) is 19.5 Å². The molecule has 1 heterocycles. The number of para-hydroxylation sites is 1. The molecule has 0 saturated carbocycles. The molecule has 0 aliphatic heterocycles. The molecule has 0 amide bonds. The average molecular weight is 286 g/mol. The number of benzene rings is 1. The molecule has 21 heavy (non-hydrogen) atoms. The van der Waals surface area contributed by atoms with E-state index in [2.05, 4.69) is 66.7 Å². The molecule has 1 aromatic carbocycles. The van der Waals surface area contributed by atoms with Gasteiger partial charge in [-0.2, -0.15) is 5.10 Å². The first-order chi connectivity index (χ1) is 10.1. The van der Waals surface area contributed by atoms with Crippen LogP contribution >= 0.6 is 0 Å². The molecule has 4 nitrogen and oxygen atoms in total. The summed E-state index contributed by atoms with van der Waals surface area (Å²) in [6.07, 6.45) is 5.15. The van der Waals surface area contributed by atoms with Crippen molar-refractivity contribution in [2.75, 3.05) is 18.5 Å². The molecule has 1 aromatic heterocycles. The fourth-order valence-electron chi connectivity index (χ4n) is 2.58. The molecule has 2 aromatic rings. The minimum absolute atomic E-state index is 0.359. The maximum absolute atomic E-state index is 4.24. The molecule has 1 unspecified atom stereocenters. The third-order valence-electron chi connectivity index (χ3n) is 3.69. The minimum atomic E-state index is 0.359. The Balaban J connectivity index is 2.14. The van der Waals surface area contributed by atoms with Crippen LogP contribution in [-0.4, -0.2) is 23.4 Å². The molecule has 1 atom stereocenters. The number of aryl methyl sites for hydroxylation is 1. The standard InChI is InChI=1S/C17H26N4/c1-5-10-18-14(2)16-8-6-7-9-17(16)20(3)12-15-11-19-21(4)13-15/h6-9,11,13-14,18H,5,10,12H2,1-4H3. The molecule has 1 N–H and O–H groups in total. The second-order valence-corrected chi connectivity index (χ2v) is 5.61. The van der Waals surface area contributed by atoms with Crippen molar-refractivity contribution >= 4 is 5.69 Å². The normalized spacial score (nSPS) is 12.4. The van der Waals surface area contributed by atoms with Crippen molar-refractivity contribution in [1.29, 1.82) is 0 Å². The Kier molecular flexibility index (Phi) is 5.39. The highest BCUT2D eigenvalue weighted by molar-refractivity contribution is 5.54. The van der Waals surface area contributed by atoms with Crippen LogP contribution in [0.1, 0.15) is 37.4 Å². The van der Waals surface area contributed by atoms with Crippen LogP contribution in [0.25, 0.3) is 0 Å². The quantitative estimate of drug-likeness (QED) is 0.849. The van der Waals surface area contributed by atoms with Gasteiger partial charge in [0.05, 0.1) is 6.20 Å². The third kappa shape index (κ3) is 4.08. The number of nitrogens with one attached hydrogen (secondary N) is 1. The molecule has 0 aliphatic carbocycles. The fourth-order valence-corrected chi connectivity index (χ4v) is 2.58. The van der Waals surface area contributed by atoms with Gasteiger partial charge in [0.15, 0.2) is 0 Å². The second kappa shape index (κ2) is 7.27. The summed E-state index contributed by atoms with van der Waals surface area (Å²) >= 11 is 0. The number of nitrogens with zero attached hydrogens (tertiary/aromatic N) is 3. The number of aromatic nitrogens is 2. The summed E-state index contributed by atoms with van der Waals surface area (Å²) in [7, 11) is 4.09. The van der Waals surface area contributed by atoms with Crippen LogP contribution in [-0.2, 0) is 13.6 Å². The largest absolute Gasteiger partial charge is 0.370 e. The van der Waals surface area contributed by atoms with E-state index < -0.39 is 0 Å². The maximum atomic E-state index is 4.24. The molecule has 0 aliphatic rings. The highest BCUT2D eigenvalue weighted by atomic mass is 15.2. The van der Waals surface area contributed by atoms with Crippen LogP contribution in [0.2, 0.25) is 0 Å². The number of hydrogen-bond donors (Lipinski definition) is 1. The van der Waals surface area contributed by atoms with E-state index in [0.29, 0.717) is 6.04 Å². The lowest BCUT2D eigenvalue weighted by Crippen LogP contribution is -2.23. The molecule has 0 saturated heterocycles. The van der Waals surface area contributed by atoms with E-state index in [1.807, 2.05) is 17.9 Å². The van der Waals surface area contributed by atoms with Gasteiger partial charge in [-0.3, -0.25) is 4.68 Å². The van der Waals surface area contributed by atoms with Gasteiger partial charge in [-0.1, -0.05) is 25.1 Å². The lowest BCUT2D eigenvalue weighted by atomic mass is 10.0. The zero-order valence-corrected chi connectivity index (χ0v) is 13.5. The van der Waals surface area contributed by atoms with Crippen LogP contribution in [0.5, 0.6) is 0 Å². The van der Waals surface area contributed by atoms with Gasteiger partial charge < -0.3 is 10.2 Å². The smallest absolute Gasteiger partial charge is 0.0539 e. The highest BCUT2D eigenvalue weighted by Crippen LogP contribution is 2.26. The summed E-state index contributed by atoms with van der Waals surface area (Å²) in [6.45, 7) is 6.33. The molecule has 0 bridgehead atoms. The summed E-state index contributed by atoms with van der Waals surface area (Å²) < 4.78 is 1.85. The molecule has 0 radical (unpaired) electrons. The Morgan fingerprint density at radius 2 is 2.10 bits per heavy atom. The van der Waals surface area contributed by atoms with Crippen molar-refractivity contribution in [2.24, 2.45) is 7.05 Å². The first-order valence-electron chi connectivity index (χ1n) is 7.62. The molecule has 2 rings (SSSR count). The van der Waals surface area contributed by atoms with Crippen molar-refractivity contribution in [3.05, 3.63) is 47.8 Å². The topological polar surface area (TPSA) is 33.1 Å². The Morgan fingerprint density at radius 1 is 1.33 bits per heavy atom. The molecule has 114 valence electrons. The Bertz CT molecular complexity index is 561. The van der Waals surface area contributed by atoms with Crippen LogP contribution in [0.15, 0.2) is 36.7 Å². The maximum Gasteiger partial charge on any atom is 0.0539 e. The molecule has 0 spiro atoms. The van der Waals surface area contributed by atoms with Gasteiger partial charge in [0.1, 0.15) is 0 Å². The average Bonchev–Trinajstić information content (AvgIpc) is 2.89. The molecule has 4 heteroatoms. The van der Waals surface area contributed by atoms with Gasteiger partial charge in [-0.25, -0.2) is 0 Å². The molecular formula is C17H26N4. The SMILES string of the molecule is CCCNC(C)c1ccccc1N(C)Cc1cnn(C)c1. The van der Waals surface area contributed by atoms with Gasteiger partial charge in [-0.15, -0.1) is 0 Å². The van der Waals surface area contributed by atoms with Crippen LogP contribution in [0, 0.1) is 0 Å². The summed E-state index contributed by atoms with van der Waals surface area (Å²) in [5.41, 5.74) is 3.85. The van der Waals surface area contributed by atoms with Gasteiger partial charge >= 0.3 is 0 Å². The van der Waals surface area contributed by atoms with Gasteiger partial charge in [0.25, 0.3) is 0 Å². The van der Waals surface area contributed by atoms with Gasteiger partial charge in [0.2, 0.25) is 0 Å². The van der Waals surface area contributed by atoms with E-state index in [9.17, 15) is 0 Å². The minimum Gasteiger partial charge on any atom is -0.370 e. The fraction of sp³-hybridized carbons (Fsp3) is 0.471. The Labute approximate surface area is 127 Å². The van der Waals surface area contributed by atoms with E-state index in [1.54, 1.807) is 0 Å². The zero-order valence-electron chi connectivity index (χ0n) is 13.5. The summed E-state index contributed by atoms with van der Waals surface area (Å²) in [4.78, 5) is 2.29.